The van der Waals surface area contributed by atoms with Crippen LogP contribution in [0.25, 0.3) is 0 Å². The van der Waals surface area contributed by atoms with Crippen LogP contribution in [0, 0.1) is 0 Å². The number of hydrogen-bond acceptors (Lipinski definition) is 1. The van der Waals surface area contributed by atoms with E-state index in [2.05, 4.69) is 5.32 Å². The molecule has 0 saturated heterocycles. The van der Waals surface area contributed by atoms with Gasteiger partial charge in [-0.25, -0.2) is 0 Å². The summed E-state index contributed by atoms with van der Waals surface area (Å²) in [7, 11) is 0. The van der Waals surface area contributed by atoms with E-state index in [1.807, 2.05) is 19.1 Å². The van der Waals surface area contributed by atoms with Crippen molar-refractivity contribution in [2.45, 2.75) is 13.0 Å². The first kappa shape index (κ1) is 14.8. The Balaban J connectivity index is 2.22. The average Bonchev–Trinajstić information content (AvgIpc) is 2.36. The first-order chi connectivity index (χ1) is 8.97. The average molecular weight is 335 g/mol. The normalized spacial score (nSPS) is 12.3. The van der Waals surface area contributed by atoms with Crippen molar-refractivity contribution in [3.05, 3.63) is 62.1 Å². The fourth-order valence-corrected chi connectivity index (χ4v) is 2.52. The Hall–Kier alpha value is -0.600. The van der Waals surface area contributed by atoms with Crippen molar-refractivity contribution in [2.75, 3.05) is 5.32 Å². The van der Waals surface area contributed by atoms with Gasteiger partial charge in [0, 0.05) is 15.7 Å². The molecule has 1 unspecified atom stereocenters. The second-order valence-electron chi connectivity index (χ2n) is 4.16. The van der Waals surface area contributed by atoms with Crippen molar-refractivity contribution in [1.82, 2.24) is 0 Å². The molecule has 0 heterocycles. The lowest BCUT2D eigenvalue weighted by Crippen LogP contribution is -2.07. The molecule has 0 spiro atoms. The van der Waals surface area contributed by atoms with Crippen LogP contribution in [0.2, 0.25) is 20.1 Å². The van der Waals surface area contributed by atoms with Gasteiger partial charge in [-0.05, 0) is 48.9 Å². The lowest BCUT2D eigenvalue weighted by atomic mass is 10.1. The largest absolute Gasteiger partial charge is 0.378 e. The molecule has 2 aromatic rings. The highest BCUT2D eigenvalue weighted by Crippen LogP contribution is 2.30. The van der Waals surface area contributed by atoms with Crippen molar-refractivity contribution in [2.24, 2.45) is 0 Å². The zero-order valence-corrected chi connectivity index (χ0v) is 13.1. The molecule has 1 nitrogen and oxygen atoms in total. The molecule has 1 atom stereocenters. The van der Waals surface area contributed by atoms with Gasteiger partial charge in [0.2, 0.25) is 0 Å². The molecule has 19 heavy (non-hydrogen) atoms. The molecule has 0 fully saturated rings. The van der Waals surface area contributed by atoms with Crippen LogP contribution >= 0.6 is 46.4 Å². The SMILES string of the molecule is CC(Nc1ccc(Cl)c(Cl)c1)c1cc(Cl)ccc1Cl. The molecule has 0 aliphatic rings. The van der Waals surface area contributed by atoms with Crippen LogP contribution in [0.1, 0.15) is 18.5 Å². The van der Waals surface area contributed by atoms with Crippen LogP contribution in [0.4, 0.5) is 5.69 Å². The topological polar surface area (TPSA) is 12.0 Å². The maximum absolute atomic E-state index is 6.17. The first-order valence-electron chi connectivity index (χ1n) is 5.64. The highest BCUT2D eigenvalue weighted by molar-refractivity contribution is 6.42. The Morgan fingerprint density at radius 3 is 2.21 bits per heavy atom. The molecule has 0 aliphatic carbocycles. The summed E-state index contributed by atoms with van der Waals surface area (Å²) in [6.07, 6.45) is 0. The van der Waals surface area contributed by atoms with Gasteiger partial charge in [-0.3, -0.25) is 0 Å². The summed E-state index contributed by atoms with van der Waals surface area (Å²) in [6.45, 7) is 2.00. The Bertz CT molecular complexity index is 598. The Morgan fingerprint density at radius 2 is 1.53 bits per heavy atom. The predicted octanol–water partition coefficient (Wildman–Crippen LogP) is 6.47. The van der Waals surface area contributed by atoms with Crippen LogP contribution in [0.3, 0.4) is 0 Å². The zero-order valence-electron chi connectivity index (χ0n) is 10.1. The van der Waals surface area contributed by atoms with E-state index in [0.717, 1.165) is 11.3 Å². The van der Waals surface area contributed by atoms with E-state index >= 15 is 0 Å². The summed E-state index contributed by atoms with van der Waals surface area (Å²) < 4.78 is 0. The molecule has 0 aliphatic heterocycles. The van der Waals surface area contributed by atoms with Crippen LogP contribution in [-0.2, 0) is 0 Å². The van der Waals surface area contributed by atoms with E-state index in [0.29, 0.717) is 20.1 Å². The number of benzene rings is 2. The maximum atomic E-state index is 6.17. The van der Waals surface area contributed by atoms with Gasteiger partial charge in [-0.15, -0.1) is 0 Å². The molecule has 5 heteroatoms. The molecule has 0 radical (unpaired) electrons. The molecule has 2 rings (SSSR count). The summed E-state index contributed by atoms with van der Waals surface area (Å²) >= 11 is 24.0. The number of hydrogen-bond donors (Lipinski definition) is 1. The third-order valence-corrected chi connectivity index (χ3v) is 4.05. The zero-order chi connectivity index (χ0) is 14.0. The van der Waals surface area contributed by atoms with E-state index in [1.54, 1.807) is 24.3 Å². The maximum Gasteiger partial charge on any atom is 0.0612 e. The summed E-state index contributed by atoms with van der Waals surface area (Å²) in [5.41, 5.74) is 1.80. The van der Waals surface area contributed by atoms with Crippen molar-refractivity contribution >= 4 is 52.1 Å². The second kappa shape index (κ2) is 6.23. The van der Waals surface area contributed by atoms with E-state index in [1.165, 1.54) is 0 Å². The van der Waals surface area contributed by atoms with Crippen molar-refractivity contribution in [3.63, 3.8) is 0 Å². The molecular formula is C14H11Cl4N. The van der Waals surface area contributed by atoms with Crippen LogP contribution in [0.5, 0.6) is 0 Å². The van der Waals surface area contributed by atoms with E-state index in [9.17, 15) is 0 Å². The first-order valence-corrected chi connectivity index (χ1v) is 7.15. The fourth-order valence-electron chi connectivity index (χ4n) is 1.76. The van der Waals surface area contributed by atoms with Gasteiger partial charge >= 0.3 is 0 Å². The lowest BCUT2D eigenvalue weighted by Gasteiger charge is -2.17. The van der Waals surface area contributed by atoms with Crippen molar-refractivity contribution in [3.8, 4) is 0 Å². The lowest BCUT2D eigenvalue weighted by molar-refractivity contribution is 0.885. The minimum absolute atomic E-state index is 0.00319. The minimum atomic E-state index is 0.00319. The van der Waals surface area contributed by atoms with Gasteiger partial charge < -0.3 is 5.32 Å². The molecule has 0 aromatic heterocycles. The van der Waals surface area contributed by atoms with Gasteiger partial charge in [0.05, 0.1) is 16.1 Å². The summed E-state index contributed by atoms with van der Waals surface area (Å²) in [5.74, 6) is 0. The molecule has 100 valence electrons. The van der Waals surface area contributed by atoms with E-state index in [-0.39, 0.29) is 6.04 Å². The second-order valence-corrected chi connectivity index (χ2v) is 5.82. The highest BCUT2D eigenvalue weighted by Gasteiger charge is 2.11. The minimum Gasteiger partial charge on any atom is -0.378 e. The van der Waals surface area contributed by atoms with Crippen molar-refractivity contribution in [1.29, 1.82) is 0 Å². The summed E-state index contributed by atoms with van der Waals surface area (Å²) in [4.78, 5) is 0. The molecule has 0 saturated carbocycles. The highest BCUT2D eigenvalue weighted by atomic mass is 35.5. The number of rotatable bonds is 3. The van der Waals surface area contributed by atoms with Crippen LogP contribution in [0.15, 0.2) is 36.4 Å². The Labute approximate surface area is 132 Å². The quantitative estimate of drug-likeness (QED) is 0.677. The predicted molar refractivity (Wildman–Crippen MR) is 85.0 cm³/mol. The van der Waals surface area contributed by atoms with Gasteiger partial charge in [-0.1, -0.05) is 46.4 Å². The molecular weight excluding hydrogens is 324 g/mol. The third kappa shape index (κ3) is 3.70. The van der Waals surface area contributed by atoms with E-state index < -0.39 is 0 Å². The molecule has 2 aromatic carbocycles. The number of halogens is 4. The fraction of sp³-hybridized carbons (Fsp3) is 0.143. The monoisotopic (exact) mass is 333 g/mol. The molecule has 0 amide bonds. The van der Waals surface area contributed by atoms with Crippen molar-refractivity contribution < 1.29 is 0 Å². The van der Waals surface area contributed by atoms with Crippen LogP contribution < -0.4 is 5.32 Å². The smallest absolute Gasteiger partial charge is 0.0612 e. The van der Waals surface area contributed by atoms with Gasteiger partial charge in [0.15, 0.2) is 0 Å². The standard InChI is InChI=1S/C14H11Cl4N/c1-8(11-6-9(15)2-4-12(11)16)19-10-3-5-13(17)14(18)7-10/h2-8,19H,1H3. The van der Waals surface area contributed by atoms with Crippen LogP contribution in [-0.4, -0.2) is 0 Å². The molecule has 1 N–H and O–H groups in total. The third-order valence-electron chi connectivity index (χ3n) is 2.73. The summed E-state index contributed by atoms with van der Waals surface area (Å²) in [6, 6.07) is 10.8. The number of nitrogens with one attached hydrogen (secondary N) is 1. The summed E-state index contributed by atoms with van der Waals surface area (Å²) in [5, 5.41) is 5.67. The van der Waals surface area contributed by atoms with Gasteiger partial charge in [0.25, 0.3) is 0 Å². The Morgan fingerprint density at radius 1 is 0.842 bits per heavy atom. The van der Waals surface area contributed by atoms with Gasteiger partial charge in [0.1, 0.15) is 0 Å². The number of anilines is 1. The van der Waals surface area contributed by atoms with Gasteiger partial charge in [-0.2, -0.15) is 0 Å². The van der Waals surface area contributed by atoms with E-state index in [4.69, 9.17) is 46.4 Å². The Kier molecular flexibility index (Phi) is 4.86. The molecule has 0 bridgehead atoms.